The van der Waals surface area contributed by atoms with Gasteiger partial charge >= 0.3 is 0 Å². The van der Waals surface area contributed by atoms with Crippen LogP contribution < -0.4 is 0 Å². The Morgan fingerprint density at radius 1 is 1.00 bits per heavy atom. The lowest BCUT2D eigenvalue weighted by atomic mass is 10.0. The summed E-state index contributed by atoms with van der Waals surface area (Å²) in [5, 5.41) is 14.3. The number of benzene rings is 2. The van der Waals surface area contributed by atoms with Gasteiger partial charge in [-0.25, -0.2) is 4.68 Å². The van der Waals surface area contributed by atoms with Crippen molar-refractivity contribution in [3.63, 3.8) is 0 Å². The largest absolute Gasteiger partial charge is 0.232 e. The highest BCUT2D eigenvalue weighted by Gasteiger charge is 2.15. The molecule has 2 aromatic carbocycles. The van der Waals surface area contributed by atoms with Crippen LogP contribution in [0.2, 0.25) is 5.02 Å². The molecule has 112 valence electrons. The summed E-state index contributed by atoms with van der Waals surface area (Å²) in [7, 11) is 0. The Labute approximate surface area is 139 Å². The van der Waals surface area contributed by atoms with Crippen LogP contribution in [0.15, 0.2) is 48.5 Å². The van der Waals surface area contributed by atoms with Crippen LogP contribution in [-0.2, 0) is 12.8 Å². The monoisotopic (exact) mass is 319 g/mol. The first kappa shape index (κ1) is 14.0. The first-order valence-corrected chi connectivity index (χ1v) is 8.01. The predicted molar refractivity (Wildman–Crippen MR) is 90.8 cm³/mol. The maximum Gasteiger partial charge on any atom is 0.163 e. The van der Waals surface area contributed by atoms with Gasteiger partial charge in [-0.1, -0.05) is 23.7 Å². The Kier molecular flexibility index (Phi) is 3.40. The molecule has 0 bridgehead atoms. The Morgan fingerprint density at radius 2 is 1.78 bits per heavy atom. The second-order valence-corrected chi connectivity index (χ2v) is 6.19. The van der Waals surface area contributed by atoms with E-state index in [0.29, 0.717) is 10.7 Å². The van der Waals surface area contributed by atoms with E-state index in [4.69, 9.17) is 11.6 Å². The van der Waals surface area contributed by atoms with Crippen molar-refractivity contribution in [3.05, 3.63) is 70.4 Å². The first-order chi connectivity index (χ1) is 11.2. The molecule has 4 heteroatoms. The molecule has 23 heavy (non-hydrogen) atoms. The van der Waals surface area contributed by atoms with E-state index in [2.05, 4.69) is 29.4 Å². The number of hydrogen-bond acceptors (Lipinski definition) is 2. The van der Waals surface area contributed by atoms with Crippen molar-refractivity contribution in [3.8, 4) is 23.0 Å². The second kappa shape index (κ2) is 5.57. The highest BCUT2D eigenvalue weighted by Crippen LogP contribution is 2.30. The molecule has 0 saturated carbocycles. The topological polar surface area (TPSA) is 41.6 Å². The van der Waals surface area contributed by atoms with Gasteiger partial charge in [0.1, 0.15) is 6.07 Å². The molecule has 0 fully saturated rings. The number of rotatable bonds is 2. The van der Waals surface area contributed by atoms with E-state index in [0.717, 1.165) is 29.8 Å². The number of nitrogens with zero attached hydrogens (tertiary/aromatic N) is 3. The molecular weight excluding hydrogens is 306 g/mol. The van der Waals surface area contributed by atoms with E-state index >= 15 is 0 Å². The van der Waals surface area contributed by atoms with Gasteiger partial charge in [0.05, 0.1) is 11.4 Å². The molecule has 0 atom stereocenters. The molecule has 0 radical (unpaired) electrons. The maximum absolute atomic E-state index is 9.22. The molecule has 0 spiro atoms. The number of fused-ring (bicyclic) bond motifs is 1. The Bertz CT molecular complexity index is 917. The zero-order chi connectivity index (χ0) is 15.8. The van der Waals surface area contributed by atoms with E-state index in [9.17, 15) is 5.26 Å². The van der Waals surface area contributed by atoms with Crippen LogP contribution in [0.1, 0.15) is 23.2 Å². The summed E-state index contributed by atoms with van der Waals surface area (Å²) < 4.78 is 1.81. The number of aryl methyl sites for hydroxylation is 2. The van der Waals surface area contributed by atoms with Gasteiger partial charge in [0, 0.05) is 16.7 Å². The lowest BCUT2D eigenvalue weighted by Crippen LogP contribution is -1.99. The summed E-state index contributed by atoms with van der Waals surface area (Å²) in [6, 6.07) is 18.0. The van der Waals surface area contributed by atoms with Crippen LogP contribution in [-0.4, -0.2) is 9.78 Å². The summed E-state index contributed by atoms with van der Waals surface area (Å²) >= 11 is 5.97. The van der Waals surface area contributed by atoms with E-state index in [1.807, 2.05) is 35.0 Å². The Balaban J connectivity index is 1.86. The van der Waals surface area contributed by atoms with E-state index in [1.54, 1.807) is 0 Å². The maximum atomic E-state index is 9.22. The Morgan fingerprint density at radius 3 is 2.57 bits per heavy atom. The van der Waals surface area contributed by atoms with Gasteiger partial charge in [0.25, 0.3) is 0 Å². The number of halogens is 1. The van der Waals surface area contributed by atoms with Crippen LogP contribution in [0.3, 0.4) is 0 Å². The fourth-order valence-electron chi connectivity index (χ4n) is 3.15. The predicted octanol–water partition coefficient (Wildman–Crippen LogP) is 4.55. The molecule has 1 aromatic heterocycles. The standard InChI is InChI=1S/C19H14ClN3/c20-16-6-8-18(9-7-16)23-19(11-17(12-21)22-23)15-5-4-13-2-1-3-14(13)10-15/h4-11H,1-3H2. The van der Waals surface area contributed by atoms with Crippen LogP contribution >= 0.6 is 11.6 Å². The van der Waals surface area contributed by atoms with Crippen LogP contribution in [0.5, 0.6) is 0 Å². The minimum atomic E-state index is 0.412. The zero-order valence-corrected chi connectivity index (χ0v) is 13.2. The summed E-state index contributed by atoms with van der Waals surface area (Å²) in [4.78, 5) is 0. The van der Waals surface area contributed by atoms with Gasteiger partial charge in [-0.3, -0.25) is 0 Å². The highest BCUT2D eigenvalue weighted by molar-refractivity contribution is 6.30. The molecule has 0 unspecified atom stereocenters. The van der Waals surface area contributed by atoms with Gasteiger partial charge < -0.3 is 0 Å². The first-order valence-electron chi connectivity index (χ1n) is 7.63. The van der Waals surface area contributed by atoms with Gasteiger partial charge in [0.2, 0.25) is 0 Å². The normalized spacial score (nSPS) is 12.9. The molecule has 3 aromatic rings. The number of hydrogen-bond donors (Lipinski definition) is 0. The van der Waals surface area contributed by atoms with Gasteiger partial charge in [0.15, 0.2) is 5.69 Å². The Hall–Kier alpha value is -2.57. The van der Waals surface area contributed by atoms with Crippen LogP contribution in [0.25, 0.3) is 16.9 Å². The summed E-state index contributed by atoms with van der Waals surface area (Å²) in [5.41, 5.74) is 6.17. The molecule has 4 rings (SSSR count). The van der Waals surface area contributed by atoms with E-state index < -0.39 is 0 Å². The minimum Gasteiger partial charge on any atom is -0.232 e. The lowest BCUT2D eigenvalue weighted by molar-refractivity contribution is 0.880. The van der Waals surface area contributed by atoms with Crippen molar-refractivity contribution < 1.29 is 0 Å². The van der Waals surface area contributed by atoms with Crippen LogP contribution in [0.4, 0.5) is 0 Å². The van der Waals surface area contributed by atoms with Crippen molar-refractivity contribution in [2.75, 3.05) is 0 Å². The molecule has 0 N–H and O–H groups in total. The van der Waals surface area contributed by atoms with Gasteiger partial charge in [-0.15, -0.1) is 0 Å². The molecule has 1 aliphatic rings. The minimum absolute atomic E-state index is 0.412. The third kappa shape index (κ3) is 2.52. The molecule has 0 amide bonds. The molecule has 0 saturated heterocycles. The molecule has 1 heterocycles. The van der Waals surface area contributed by atoms with Crippen molar-refractivity contribution in [1.82, 2.24) is 9.78 Å². The van der Waals surface area contributed by atoms with Gasteiger partial charge in [-0.05, 0) is 60.7 Å². The van der Waals surface area contributed by atoms with Crippen molar-refractivity contribution in [2.45, 2.75) is 19.3 Å². The van der Waals surface area contributed by atoms with Crippen molar-refractivity contribution in [1.29, 1.82) is 5.26 Å². The summed E-state index contributed by atoms with van der Waals surface area (Å²) in [6.45, 7) is 0. The SMILES string of the molecule is N#Cc1cc(-c2ccc3c(c2)CCC3)n(-c2ccc(Cl)cc2)n1. The summed E-state index contributed by atoms with van der Waals surface area (Å²) in [5.74, 6) is 0. The quantitative estimate of drug-likeness (QED) is 0.695. The third-order valence-corrected chi connectivity index (χ3v) is 4.54. The zero-order valence-electron chi connectivity index (χ0n) is 12.5. The second-order valence-electron chi connectivity index (χ2n) is 5.75. The summed E-state index contributed by atoms with van der Waals surface area (Å²) in [6.07, 6.45) is 3.51. The van der Waals surface area contributed by atoms with Gasteiger partial charge in [-0.2, -0.15) is 10.4 Å². The number of aromatic nitrogens is 2. The van der Waals surface area contributed by atoms with Crippen molar-refractivity contribution >= 4 is 11.6 Å². The fraction of sp³-hybridized carbons (Fsp3) is 0.158. The average molecular weight is 320 g/mol. The molecule has 1 aliphatic carbocycles. The van der Waals surface area contributed by atoms with Crippen LogP contribution in [0, 0.1) is 11.3 Å². The van der Waals surface area contributed by atoms with E-state index in [1.165, 1.54) is 17.5 Å². The average Bonchev–Trinajstić information content (AvgIpc) is 3.21. The van der Waals surface area contributed by atoms with Crippen molar-refractivity contribution in [2.24, 2.45) is 0 Å². The smallest absolute Gasteiger partial charge is 0.163 e. The number of nitriles is 1. The fourth-order valence-corrected chi connectivity index (χ4v) is 3.28. The highest BCUT2D eigenvalue weighted by atomic mass is 35.5. The lowest BCUT2D eigenvalue weighted by Gasteiger charge is -2.09. The molecule has 0 aliphatic heterocycles. The van der Waals surface area contributed by atoms with E-state index in [-0.39, 0.29) is 0 Å². The molecule has 3 nitrogen and oxygen atoms in total. The third-order valence-electron chi connectivity index (χ3n) is 4.29. The molecular formula is C19H14ClN3.